The molecule has 0 amide bonds. The van der Waals surface area contributed by atoms with E-state index in [0.717, 1.165) is 22.4 Å². The average Bonchev–Trinajstić information content (AvgIpc) is 1.95. The number of nitrogen functional groups attached to an aromatic ring is 1. The van der Waals surface area contributed by atoms with Crippen LogP contribution in [0.4, 0.5) is 11.4 Å². The highest BCUT2D eigenvalue weighted by molar-refractivity contribution is 9.10. The third kappa shape index (κ3) is 2.12. The van der Waals surface area contributed by atoms with E-state index in [2.05, 4.69) is 21.2 Å². The number of benzene rings is 1. The molecule has 3 heteroatoms. The van der Waals surface area contributed by atoms with Crippen LogP contribution in [0.25, 0.3) is 0 Å². The number of nitrogens with two attached hydrogens (primary N) is 1. The van der Waals surface area contributed by atoms with Crippen LogP contribution in [-0.2, 0) is 0 Å². The van der Waals surface area contributed by atoms with Gasteiger partial charge in [-0.05, 0) is 25.1 Å². The van der Waals surface area contributed by atoms with Crippen LogP contribution in [-0.4, -0.2) is 6.54 Å². The SMILES string of the molecule is CCNc1ccc(Br)cc1N. The van der Waals surface area contributed by atoms with Crippen LogP contribution in [0.5, 0.6) is 0 Å². The van der Waals surface area contributed by atoms with Gasteiger partial charge in [0, 0.05) is 11.0 Å². The summed E-state index contributed by atoms with van der Waals surface area (Å²) < 4.78 is 1.01. The standard InChI is InChI=1S/C8H11BrN2/c1-2-11-8-4-3-6(9)5-7(8)10/h3-5,11H,2,10H2,1H3. The van der Waals surface area contributed by atoms with Gasteiger partial charge < -0.3 is 11.1 Å². The van der Waals surface area contributed by atoms with Crippen LogP contribution in [0.1, 0.15) is 6.92 Å². The molecule has 2 nitrogen and oxygen atoms in total. The van der Waals surface area contributed by atoms with Crippen LogP contribution in [0, 0.1) is 0 Å². The van der Waals surface area contributed by atoms with E-state index in [-0.39, 0.29) is 0 Å². The van der Waals surface area contributed by atoms with Crippen molar-refractivity contribution in [2.45, 2.75) is 6.92 Å². The van der Waals surface area contributed by atoms with E-state index in [0.29, 0.717) is 0 Å². The molecule has 0 aliphatic rings. The summed E-state index contributed by atoms with van der Waals surface area (Å²) >= 11 is 3.34. The van der Waals surface area contributed by atoms with Crippen molar-refractivity contribution in [3.8, 4) is 0 Å². The Bertz CT molecular complexity index is 248. The molecule has 0 fully saturated rings. The zero-order valence-electron chi connectivity index (χ0n) is 6.39. The minimum atomic E-state index is 0.779. The maximum absolute atomic E-state index is 5.71. The van der Waals surface area contributed by atoms with E-state index in [1.807, 2.05) is 25.1 Å². The summed E-state index contributed by atoms with van der Waals surface area (Å²) in [6.45, 7) is 2.94. The van der Waals surface area contributed by atoms with Crippen molar-refractivity contribution in [3.63, 3.8) is 0 Å². The lowest BCUT2D eigenvalue weighted by molar-refractivity contribution is 1.21. The molecule has 0 bridgehead atoms. The van der Waals surface area contributed by atoms with Gasteiger partial charge in [0.15, 0.2) is 0 Å². The van der Waals surface area contributed by atoms with Gasteiger partial charge in [0.1, 0.15) is 0 Å². The largest absolute Gasteiger partial charge is 0.397 e. The van der Waals surface area contributed by atoms with E-state index in [1.54, 1.807) is 0 Å². The summed E-state index contributed by atoms with van der Waals surface area (Å²) in [5.74, 6) is 0. The highest BCUT2D eigenvalue weighted by atomic mass is 79.9. The summed E-state index contributed by atoms with van der Waals surface area (Å²) in [4.78, 5) is 0. The van der Waals surface area contributed by atoms with Crippen molar-refractivity contribution >= 4 is 27.3 Å². The third-order valence-corrected chi connectivity index (χ3v) is 1.87. The average molecular weight is 215 g/mol. The maximum atomic E-state index is 5.71. The Kier molecular flexibility index (Phi) is 2.76. The topological polar surface area (TPSA) is 38.0 Å². The Labute approximate surface area is 74.9 Å². The van der Waals surface area contributed by atoms with Gasteiger partial charge in [-0.25, -0.2) is 0 Å². The Morgan fingerprint density at radius 3 is 2.82 bits per heavy atom. The molecule has 1 aromatic carbocycles. The molecule has 0 spiro atoms. The first-order valence-corrected chi connectivity index (χ1v) is 4.32. The molecule has 60 valence electrons. The normalized spacial score (nSPS) is 9.64. The molecule has 0 aromatic heterocycles. The minimum absolute atomic E-state index is 0.779. The molecule has 0 saturated carbocycles. The van der Waals surface area contributed by atoms with Crippen molar-refractivity contribution in [1.82, 2.24) is 0 Å². The summed E-state index contributed by atoms with van der Waals surface area (Å²) in [5, 5.41) is 3.16. The highest BCUT2D eigenvalue weighted by Gasteiger charge is 1.96. The number of halogens is 1. The van der Waals surface area contributed by atoms with Gasteiger partial charge in [0.05, 0.1) is 11.4 Å². The molecule has 3 N–H and O–H groups in total. The molecule has 0 saturated heterocycles. The molecule has 0 aliphatic carbocycles. The first kappa shape index (κ1) is 8.40. The Hall–Kier alpha value is -0.700. The summed E-state index contributed by atoms with van der Waals surface area (Å²) in [5.41, 5.74) is 7.49. The van der Waals surface area contributed by atoms with Crippen molar-refractivity contribution in [3.05, 3.63) is 22.7 Å². The lowest BCUT2D eigenvalue weighted by atomic mass is 10.3. The first-order chi connectivity index (χ1) is 5.24. The van der Waals surface area contributed by atoms with E-state index in [1.165, 1.54) is 0 Å². The van der Waals surface area contributed by atoms with Crippen LogP contribution in [0.15, 0.2) is 22.7 Å². The van der Waals surface area contributed by atoms with Crippen LogP contribution in [0.3, 0.4) is 0 Å². The number of anilines is 2. The molecule has 0 aliphatic heterocycles. The fourth-order valence-corrected chi connectivity index (χ4v) is 1.26. The quantitative estimate of drug-likeness (QED) is 0.743. The van der Waals surface area contributed by atoms with E-state index < -0.39 is 0 Å². The molecule has 0 unspecified atom stereocenters. The second-order valence-corrected chi connectivity index (χ2v) is 3.18. The molecule has 0 radical (unpaired) electrons. The van der Waals surface area contributed by atoms with Gasteiger partial charge in [0.2, 0.25) is 0 Å². The van der Waals surface area contributed by atoms with Crippen LogP contribution in [0.2, 0.25) is 0 Å². The van der Waals surface area contributed by atoms with Gasteiger partial charge in [-0.1, -0.05) is 15.9 Å². The lowest BCUT2D eigenvalue weighted by Crippen LogP contribution is -2.00. The van der Waals surface area contributed by atoms with Gasteiger partial charge in [0.25, 0.3) is 0 Å². The van der Waals surface area contributed by atoms with Crippen LogP contribution >= 0.6 is 15.9 Å². The molecule has 1 rings (SSSR count). The van der Waals surface area contributed by atoms with Crippen LogP contribution < -0.4 is 11.1 Å². The van der Waals surface area contributed by atoms with E-state index in [4.69, 9.17) is 5.73 Å². The summed E-state index contributed by atoms with van der Waals surface area (Å²) in [7, 11) is 0. The van der Waals surface area contributed by atoms with Gasteiger partial charge in [-0.3, -0.25) is 0 Å². The monoisotopic (exact) mass is 214 g/mol. The molecule has 0 atom stereocenters. The first-order valence-electron chi connectivity index (χ1n) is 3.53. The zero-order valence-corrected chi connectivity index (χ0v) is 7.98. The summed E-state index contributed by atoms with van der Waals surface area (Å²) in [6.07, 6.45) is 0. The minimum Gasteiger partial charge on any atom is -0.397 e. The number of hydrogen-bond donors (Lipinski definition) is 2. The Balaban J connectivity index is 2.90. The van der Waals surface area contributed by atoms with Gasteiger partial charge in [-0.2, -0.15) is 0 Å². The molecule has 11 heavy (non-hydrogen) atoms. The Morgan fingerprint density at radius 1 is 1.55 bits per heavy atom. The smallest absolute Gasteiger partial charge is 0.0574 e. The molecular formula is C8H11BrN2. The van der Waals surface area contributed by atoms with Gasteiger partial charge in [-0.15, -0.1) is 0 Å². The fourth-order valence-electron chi connectivity index (χ4n) is 0.885. The highest BCUT2D eigenvalue weighted by Crippen LogP contribution is 2.22. The molecule has 1 aromatic rings. The molecule has 0 heterocycles. The summed E-state index contributed by atoms with van der Waals surface area (Å²) in [6, 6.07) is 5.81. The third-order valence-electron chi connectivity index (χ3n) is 1.38. The van der Waals surface area contributed by atoms with Crippen molar-refractivity contribution in [1.29, 1.82) is 0 Å². The molecular weight excluding hydrogens is 204 g/mol. The number of rotatable bonds is 2. The number of nitrogens with one attached hydrogen (secondary N) is 1. The van der Waals surface area contributed by atoms with Crippen molar-refractivity contribution < 1.29 is 0 Å². The van der Waals surface area contributed by atoms with Crippen molar-refractivity contribution in [2.24, 2.45) is 0 Å². The Morgan fingerprint density at radius 2 is 2.27 bits per heavy atom. The van der Waals surface area contributed by atoms with Crippen molar-refractivity contribution in [2.75, 3.05) is 17.6 Å². The van der Waals surface area contributed by atoms with E-state index >= 15 is 0 Å². The predicted molar refractivity (Wildman–Crippen MR) is 52.7 cm³/mol. The number of hydrogen-bond acceptors (Lipinski definition) is 2. The second-order valence-electron chi connectivity index (χ2n) is 2.26. The zero-order chi connectivity index (χ0) is 8.27. The predicted octanol–water partition coefficient (Wildman–Crippen LogP) is 2.46. The maximum Gasteiger partial charge on any atom is 0.0574 e. The van der Waals surface area contributed by atoms with Gasteiger partial charge >= 0.3 is 0 Å². The lowest BCUT2D eigenvalue weighted by Gasteiger charge is -2.06. The van der Waals surface area contributed by atoms with E-state index in [9.17, 15) is 0 Å². The second kappa shape index (κ2) is 3.62. The fraction of sp³-hybridized carbons (Fsp3) is 0.250.